The predicted molar refractivity (Wildman–Crippen MR) is 147 cm³/mol. The Balaban J connectivity index is 1.29. The van der Waals surface area contributed by atoms with Crippen molar-refractivity contribution in [3.63, 3.8) is 0 Å². The Morgan fingerprint density at radius 3 is 2.46 bits per heavy atom. The van der Waals surface area contributed by atoms with Gasteiger partial charge in [0.2, 0.25) is 17.7 Å². The number of carbonyl (C=O) groups is 3. The summed E-state index contributed by atoms with van der Waals surface area (Å²) in [6.07, 6.45) is 12.7. The molecule has 2 saturated heterocycles. The van der Waals surface area contributed by atoms with E-state index in [1.165, 1.54) is 6.42 Å². The first-order valence-electron chi connectivity index (χ1n) is 15.0. The number of anilines is 1. The number of carbonyl (C=O) groups excluding carboxylic acids is 3. The molecule has 2 saturated carbocycles. The molecule has 0 radical (unpaired) electrons. The standard InChI is InChI=1S/C31H41N3O5/c1-3-38-22-15-13-21(14-16-22)32-28(35)25-24-17-18-31(39-24)26(25)30(37)34(23-12-8-7-9-19(23)2)27(31)29(36)33-20-10-5-4-6-11-20/h13-20,23-27H,3-12H2,1-2H3,(H,32,35)(H,33,36)/t19-,23+,24+,25-,26+,27+,31+/m1/s1. The molecule has 6 rings (SSSR count). The van der Waals surface area contributed by atoms with E-state index in [1.54, 1.807) is 12.1 Å². The molecule has 1 spiro atoms. The van der Waals surface area contributed by atoms with Crippen molar-refractivity contribution in [2.24, 2.45) is 17.8 Å². The van der Waals surface area contributed by atoms with E-state index in [-0.39, 0.29) is 29.8 Å². The molecule has 3 amide bonds. The van der Waals surface area contributed by atoms with Gasteiger partial charge in [-0.05, 0) is 62.8 Å². The molecule has 3 heterocycles. The van der Waals surface area contributed by atoms with E-state index in [2.05, 4.69) is 17.6 Å². The van der Waals surface area contributed by atoms with Crippen LogP contribution in [-0.4, -0.2) is 59.1 Å². The topological polar surface area (TPSA) is 97.0 Å². The van der Waals surface area contributed by atoms with E-state index in [0.717, 1.165) is 57.1 Å². The lowest BCUT2D eigenvalue weighted by molar-refractivity contribution is -0.146. The number of amides is 3. The lowest BCUT2D eigenvalue weighted by Crippen LogP contribution is -2.59. The van der Waals surface area contributed by atoms with Gasteiger partial charge in [-0.2, -0.15) is 0 Å². The predicted octanol–water partition coefficient (Wildman–Crippen LogP) is 4.20. The van der Waals surface area contributed by atoms with Crippen molar-refractivity contribution >= 4 is 23.4 Å². The van der Waals surface area contributed by atoms with Gasteiger partial charge in [0, 0.05) is 17.8 Å². The molecule has 1 aromatic carbocycles. The lowest BCUT2D eigenvalue weighted by Gasteiger charge is -2.42. The molecule has 2 bridgehead atoms. The van der Waals surface area contributed by atoms with Crippen LogP contribution in [0, 0.1) is 17.8 Å². The van der Waals surface area contributed by atoms with Crippen molar-refractivity contribution in [2.45, 2.75) is 101 Å². The molecule has 2 N–H and O–H groups in total. The van der Waals surface area contributed by atoms with Crippen molar-refractivity contribution in [3.8, 4) is 5.75 Å². The molecule has 39 heavy (non-hydrogen) atoms. The first-order chi connectivity index (χ1) is 18.9. The van der Waals surface area contributed by atoms with E-state index in [9.17, 15) is 14.4 Å². The number of nitrogens with zero attached hydrogens (tertiary/aromatic N) is 1. The molecule has 1 aromatic rings. The highest BCUT2D eigenvalue weighted by atomic mass is 16.5. The highest BCUT2D eigenvalue weighted by Gasteiger charge is 2.73. The summed E-state index contributed by atoms with van der Waals surface area (Å²) in [5.41, 5.74) is -0.475. The van der Waals surface area contributed by atoms with Gasteiger partial charge >= 0.3 is 0 Å². The maximum Gasteiger partial charge on any atom is 0.246 e. The molecule has 5 aliphatic rings. The van der Waals surface area contributed by atoms with Crippen molar-refractivity contribution in [1.29, 1.82) is 0 Å². The van der Waals surface area contributed by atoms with Gasteiger partial charge < -0.3 is 25.0 Å². The Bertz CT molecular complexity index is 1130. The fourth-order valence-electron chi connectivity index (χ4n) is 7.83. The SMILES string of the molecule is CCOc1ccc(NC(=O)[C@@H]2[C@@H]3C=C[C@]4(O3)[C@@H]2C(=O)N([C@H]2CCCC[C@H]2C)[C@H]4C(=O)NC2CCCCC2)cc1. The monoisotopic (exact) mass is 535 g/mol. The van der Waals surface area contributed by atoms with E-state index in [4.69, 9.17) is 9.47 Å². The first-order valence-corrected chi connectivity index (χ1v) is 15.0. The van der Waals surface area contributed by atoms with Crippen LogP contribution >= 0.6 is 0 Å². The van der Waals surface area contributed by atoms with Gasteiger partial charge in [0.15, 0.2) is 0 Å². The molecule has 0 unspecified atom stereocenters. The number of likely N-dealkylation sites (tertiary alicyclic amines) is 1. The van der Waals surface area contributed by atoms with Crippen molar-refractivity contribution in [3.05, 3.63) is 36.4 Å². The molecule has 7 atom stereocenters. The van der Waals surface area contributed by atoms with Crippen molar-refractivity contribution < 1.29 is 23.9 Å². The zero-order valence-electron chi connectivity index (χ0n) is 23.1. The molecule has 4 fully saturated rings. The molecular weight excluding hydrogens is 494 g/mol. The highest BCUT2D eigenvalue weighted by molar-refractivity contribution is 6.03. The fraction of sp³-hybridized carbons (Fsp3) is 0.645. The highest BCUT2D eigenvalue weighted by Crippen LogP contribution is 2.56. The molecule has 2 aliphatic carbocycles. The summed E-state index contributed by atoms with van der Waals surface area (Å²) in [5, 5.41) is 6.30. The van der Waals surface area contributed by atoms with Crippen LogP contribution in [0.1, 0.15) is 71.6 Å². The third-order valence-corrected chi connectivity index (χ3v) is 9.67. The molecule has 210 valence electrons. The average molecular weight is 536 g/mol. The second kappa shape index (κ2) is 10.6. The number of nitrogens with one attached hydrogen (secondary N) is 2. The van der Waals surface area contributed by atoms with Crippen LogP contribution < -0.4 is 15.4 Å². The maximum atomic E-state index is 14.3. The number of hydrogen-bond acceptors (Lipinski definition) is 5. The minimum Gasteiger partial charge on any atom is -0.494 e. The molecule has 0 aromatic heterocycles. The Morgan fingerprint density at radius 2 is 1.74 bits per heavy atom. The summed E-state index contributed by atoms with van der Waals surface area (Å²) in [7, 11) is 0. The second-order valence-corrected chi connectivity index (χ2v) is 12.1. The van der Waals surface area contributed by atoms with E-state index < -0.39 is 29.6 Å². The van der Waals surface area contributed by atoms with E-state index >= 15 is 0 Å². The van der Waals surface area contributed by atoms with Gasteiger partial charge in [-0.1, -0.05) is 51.2 Å². The van der Waals surface area contributed by atoms with Crippen LogP contribution in [0.3, 0.4) is 0 Å². The summed E-state index contributed by atoms with van der Waals surface area (Å²) >= 11 is 0. The first kappa shape index (κ1) is 26.4. The van der Waals surface area contributed by atoms with E-state index in [1.807, 2.05) is 36.1 Å². The normalized spacial score (nSPS) is 35.6. The number of ether oxygens (including phenoxy) is 2. The van der Waals surface area contributed by atoms with Crippen LogP contribution in [0.2, 0.25) is 0 Å². The summed E-state index contributed by atoms with van der Waals surface area (Å²) < 4.78 is 12.1. The van der Waals surface area contributed by atoms with Crippen LogP contribution in [0.4, 0.5) is 5.69 Å². The minimum absolute atomic E-state index is 0.0285. The van der Waals surface area contributed by atoms with Crippen LogP contribution in [0.25, 0.3) is 0 Å². The van der Waals surface area contributed by atoms with Crippen molar-refractivity contribution in [2.75, 3.05) is 11.9 Å². The van der Waals surface area contributed by atoms with Crippen LogP contribution in [-0.2, 0) is 19.1 Å². The largest absolute Gasteiger partial charge is 0.494 e. The minimum atomic E-state index is -1.11. The number of fused-ring (bicyclic) bond motifs is 1. The van der Waals surface area contributed by atoms with Crippen LogP contribution in [0.15, 0.2) is 36.4 Å². The van der Waals surface area contributed by atoms with Gasteiger partial charge in [-0.25, -0.2) is 0 Å². The third kappa shape index (κ3) is 4.54. The Kier molecular flexibility index (Phi) is 7.16. The smallest absolute Gasteiger partial charge is 0.246 e. The number of hydrogen-bond donors (Lipinski definition) is 2. The lowest BCUT2D eigenvalue weighted by atomic mass is 9.74. The Morgan fingerprint density at radius 1 is 1.03 bits per heavy atom. The molecular formula is C31H41N3O5. The molecule has 3 aliphatic heterocycles. The summed E-state index contributed by atoms with van der Waals surface area (Å²) in [6, 6.07) is 6.58. The summed E-state index contributed by atoms with van der Waals surface area (Å²) in [4.78, 5) is 44.0. The van der Waals surface area contributed by atoms with Gasteiger partial charge in [-0.3, -0.25) is 14.4 Å². The fourth-order valence-corrected chi connectivity index (χ4v) is 7.83. The Hall–Kier alpha value is -2.87. The summed E-state index contributed by atoms with van der Waals surface area (Å²) in [5.74, 6) is -0.881. The van der Waals surface area contributed by atoms with Gasteiger partial charge in [0.05, 0.1) is 24.5 Å². The van der Waals surface area contributed by atoms with Gasteiger partial charge in [0.1, 0.15) is 17.4 Å². The Labute approximate surface area is 230 Å². The summed E-state index contributed by atoms with van der Waals surface area (Å²) in [6.45, 7) is 4.67. The van der Waals surface area contributed by atoms with Crippen LogP contribution in [0.5, 0.6) is 5.75 Å². The number of rotatable bonds is 7. The van der Waals surface area contributed by atoms with E-state index in [0.29, 0.717) is 18.2 Å². The van der Waals surface area contributed by atoms with Gasteiger partial charge in [0.25, 0.3) is 0 Å². The van der Waals surface area contributed by atoms with Gasteiger partial charge in [-0.15, -0.1) is 0 Å². The zero-order chi connectivity index (χ0) is 27.1. The third-order valence-electron chi connectivity index (χ3n) is 9.67. The quantitative estimate of drug-likeness (QED) is 0.510. The second-order valence-electron chi connectivity index (χ2n) is 12.1. The number of benzene rings is 1. The maximum absolute atomic E-state index is 14.3. The zero-order valence-corrected chi connectivity index (χ0v) is 23.1. The van der Waals surface area contributed by atoms with Crippen molar-refractivity contribution in [1.82, 2.24) is 10.2 Å². The molecule has 8 heteroatoms. The average Bonchev–Trinajstić information content (AvgIpc) is 3.58. The molecule has 8 nitrogen and oxygen atoms in total.